The fourth-order valence-corrected chi connectivity index (χ4v) is 6.22. The van der Waals surface area contributed by atoms with E-state index in [1.54, 1.807) is 24.3 Å². The molecule has 0 spiro atoms. The Morgan fingerprint density at radius 3 is 2.32 bits per heavy atom. The van der Waals surface area contributed by atoms with E-state index in [9.17, 15) is 13.2 Å². The van der Waals surface area contributed by atoms with Crippen LogP contribution >= 0.6 is 0 Å². The lowest BCUT2D eigenvalue weighted by Gasteiger charge is -2.37. The molecule has 1 aromatic rings. The first-order valence-electron chi connectivity index (χ1n) is 11.8. The second-order valence-electron chi connectivity index (χ2n) is 8.75. The van der Waals surface area contributed by atoms with E-state index in [0.717, 1.165) is 32.1 Å². The van der Waals surface area contributed by atoms with Gasteiger partial charge in [0.15, 0.2) is 0 Å². The topological polar surface area (TPSA) is 73.0 Å². The smallest absolute Gasteiger partial charge is 0.243 e. The lowest BCUT2D eigenvalue weighted by Crippen LogP contribution is -2.49. The minimum Gasteiger partial charge on any atom is -0.325 e. The highest BCUT2D eigenvalue weighted by Crippen LogP contribution is 2.25. The van der Waals surface area contributed by atoms with Crippen molar-refractivity contribution >= 4 is 21.6 Å². The van der Waals surface area contributed by atoms with Gasteiger partial charge in [0.1, 0.15) is 0 Å². The van der Waals surface area contributed by atoms with Gasteiger partial charge in [-0.25, -0.2) is 8.42 Å². The minimum absolute atomic E-state index is 0.0990. The molecular formula is C23H38N4O3S. The summed E-state index contributed by atoms with van der Waals surface area (Å²) in [6.07, 6.45) is 6.88. The predicted molar refractivity (Wildman–Crippen MR) is 125 cm³/mol. The number of carbonyl (C=O) groups is 1. The summed E-state index contributed by atoms with van der Waals surface area (Å²) in [6.45, 7) is 9.85. The summed E-state index contributed by atoms with van der Waals surface area (Å²) in [7, 11) is -3.54. The highest BCUT2D eigenvalue weighted by molar-refractivity contribution is 7.89. The number of carbonyl (C=O) groups excluding carboxylic acids is 1. The molecule has 1 aliphatic heterocycles. The van der Waals surface area contributed by atoms with Crippen molar-refractivity contribution in [2.24, 2.45) is 5.92 Å². The van der Waals surface area contributed by atoms with E-state index in [-0.39, 0.29) is 10.8 Å². The van der Waals surface area contributed by atoms with Crippen LogP contribution in [0.25, 0.3) is 0 Å². The molecule has 0 aromatic heterocycles. The number of rotatable bonds is 9. The van der Waals surface area contributed by atoms with Gasteiger partial charge in [-0.1, -0.05) is 39.2 Å². The van der Waals surface area contributed by atoms with Crippen LogP contribution in [0.3, 0.4) is 0 Å². The third-order valence-electron chi connectivity index (χ3n) is 6.53. The normalized spacial score (nSPS) is 19.6. The molecule has 3 rings (SSSR count). The second kappa shape index (κ2) is 11.4. The number of piperazine rings is 1. The van der Waals surface area contributed by atoms with Gasteiger partial charge in [0.25, 0.3) is 0 Å². The highest BCUT2D eigenvalue weighted by atomic mass is 32.2. The van der Waals surface area contributed by atoms with Crippen molar-refractivity contribution < 1.29 is 13.2 Å². The van der Waals surface area contributed by atoms with Crippen LogP contribution in [0.2, 0.25) is 0 Å². The van der Waals surface area contributed by atoms with Crippen LogP contribution in [0.4, 0.5) is 5.69 Å². The molecule has 1 N–H and O–H groups in total. The second-order valence-corrected chi connectivity index (χ2v) is 10.7. The Kier molecular flexibility index (Phi) is 8.89. The molecule has 2 aliphatic rings. The maximum absolute atomic E-state index is 12.7. The van der Waals surface area contributed by atoms with Crippen molar-refractivity contribution in [3.63, 3.8) is 0 Å². The largest absolute Gasteiger partial charge is 0.325 e. The van der Waals surface area contributed by atoms with Crippen molar-refractivity contribution in [2.45, 2.75) is 50.8 Å². The van der Waals surface area contributed by atoms with Crippen LogP contribution in [-0.2, 0) is 14.8 Å². The molecular weight excluding hydrogens is 412 g/mol. The van der Waals surface area contributed by atoms with Crippen molar-refractivity contribution in [2.75, 3.05) is 57.7 Å². The number of anilines is 1. The van der Waals surface area contributed by atoms with Crippen molar-refractivity contribution in [3.8, 4) is 0 Å². The number of nitrogens with zero attached hydrogens (tertiary/aromatic N) is 3. The number of benzene rings is 1. The standard InChI is InChI=1S/C23H38N4O3S/c1-3-27(4-2)31(29,30)22-12-8-11-21(17-22)24-23(28)19-26-15-13-25(14-16-26)18-20-9-6-5-7-10-20/h8,11-12,17,20H,3-7,9-10,13-16,18-19H2,1-2H3,(H,24,28). The van der Waals surface area contributed by atoms with E-state index in [4.69, 9.17) is 0 Å². The molecule has 174 valence electrons. The van der Waals surface area contributed by atoms with E-state index in [1.165, 1.54) is 43.0 Å². The average molecular weight is 451 g/mol. The van der Waals surface area contributed by atoms with Gasteiger partial charge in [-0.2, -0.15) is 4.31 Å². The van der Waals surface area contributed by atoms with Crippen molar-refractivity contribution in [1.29, 1.82) is 0 Å². The van der Waals surface area contributed by atoms with E-state index < -0.39 is 10.0 Å². The number of nitrogens with one attached hydrogen (secondary N) is 1. The van der Waals surface area contributed by atoms with Crippen molar-refractivity contribution in [1.82, 2.24) is 14.1 Å². The molecule has 7 nitrogen and oxygen atoms in total. The summed E-state index contributed by atoms with van der Waals surface area (Å²) in [4.78, 5) is 17.5. The predicted octanol–water partition coefficient (Wildman–Crippen LogP) is 2.85. The van der Waals surface area contributed by atoms with Gasteiger partial charge in [-0.05, 0) is 37.0 Å². The van der Waals surface area contributed by atoms with Gasteiger partial charge in [0.2, 0.25) is 15.9 Å². The van der Waals surface area contributed by atoms with Gasteiger partial charge >= 0.3 is 0 Å². The van der Waals surface area contributed by atoms with Crippen LogP contribution in [0.15, 0.2) is 29.2 Å². The van der Waals surface area contributed by atoms with E-state index in [2.05, 4.69) is 15.1 Å². The molecule has 1 aromatic carbocycles. The molecule has 31 heavy (non-hydrogen) atoms. The minimum atomic E-state index is -3.54. The van der Waals surface area contributed by atoms with Gasteiger partial charge in [0.05, 0.1) is 11.4 Å². The molecule has 8 heteroatoms. The fraction of sp³-hybridized carbons (Fsp3) is 0.696. The van der Waals surface area contributed by atoms with Crippen molar-refractivity contribution in [3.05, 3.63) is 24.3 Å². The number of sulfonamides is 1. The third kappa shape index (κ3) is 6.75. The number of amides is 1. The Morgan fingerprint density at radius 2 is 1.68 bits per heavy atom. The van der Waals surface area contributed by atoms with Crippen LogP contribution in [0.5, 0.6) is 0 Å². The zero-order valence-electron chi connectivity index (χ0n) is 19.1. The molecule has 0 atom stereocenters. The molecule has 0 unspecified atom stereocenters. The number of hydrogen-bond donors (Lipinski definition) is 1. The monoisotopic (exact) mass is 450 g/mol. The lowest BCUT2D eigenvalue weighted by molar-refractivity contribution is -0.117. The quantitative estimate of drug-likeness (QED) is 0.626. The summed E-state index contributed by atoms with van der Waals surface area (Å²) in [5, 5.41) is 2.88. The molecule has 1 saturated heterocycles. The lowest BCUT2D eigenvalue weighted by atomic mass is 9.89. The zero-order valence-corrected chi connectivity index (χ0v) is 19.9. The zero-order chi connectivity index (χ0) is 22.3. The summed E-state index contributed by atoms with van der Waals surface area (Å²) in [5.74, 6) is 0.751. The Labute approximate surface area is 187 Å². The molecule has 0 radical (unpaired) electrons. The van der Waals surface area contributed by atoms with Gasteiger partial charge < -0.3 is 10.2 Å². The van der Waals surface area contributed by atoms with E-state index in [1.807, 2.05) is 13.8 Å². The van der Waals surface area contributed by atoms with Gasteiger partial charge in [-0.15, -0.1) is 0 Å². The van der Waals surface area contributed by atoms with Crippen LogP contribution in [0, 0.1) is 5.92 Å². The molecule has 1 aliphatic carbocycles. The highest BCUT2D eigenvalue weighted by Gasteiger charge is 2.24. The molecule has 0 bridgehead atoms. The fourth-order valence-electron chi connectivity index (χ4n) is 4.72. The summed E-state index contributed by atoms with van der Waals surface area (Å²) >= 11 is 0. The van der Waals surface area contributed by atoms with Crippen LogP contribution in [-0.4, -0.2) is 80.8 Å². The third-order valence-corrected chi connectivity index (χ3v) is 8.58. The first kappa shape index (κ1) is 24.2. The Balaban J connectivity index is 1.48. The molecule has 1 amide bonds. The molecule has 1 heterocycles. The average Bonchev–Trinajstić information content (AvgIpc) is 2.77. The number of hydrogen-bond acceptors (Lipinski definition) is 5. The summed E-state index contributed by atoms with van der Waals surface area (Å²) < 4.78 is 26.9. The van der Waals surface area contributed by atoms with Gasteiger partial charge in [0, 0.05) is 51.5 Å². The molecule has 1 saturated carbocycles. The summed E-state index contributed by atoms with van der Waals surface area (Å²) in [5.41, 5.74) is 0.522. The first-order chi connectivity index (χ1) is 14.9. The Hall–Kier alpha value is -1.48. The Morgan fingerprint density at radius 1 is 1.03 bits per heavy atom. The summed E-state index contributed by atoms with van der Waals surface area (Å²) in [6, 6.07) is 6.54. The maximum atomic E-state index is 12.7. The van der Waals surface area contributed by atoms with E-state index >= 15 is 0 Å². The maximum Gasteiger partial charge on any atom is 0.243 e. The van der Waals surface area contributed by atoms with Crippen LogP contribution < -0.4 is 5.32 Å². The molecule has 2 fully saturated rings. The van der Waals surface area contributed by atoms with Crippen LogP contribution in [0.1, 0.15) is 46.0 Å². The SMILES string of the molecule is CCN(CC)S(=O)(=O)c1cccc(NC(=O)CN2CCN(CC3CCCCC3)CC2)c1. The van der Waals surface area contributed by atoms with E-state index in [0.29, 0.717) is 25.3 Å². The van der Waals surface area contributed by atoms with Gasteiger partial charge in [-0.3, -0.25) is 9.69 Å². The first-order valence-corrected chi connectivity index (χ1v) is 13.2. The Bertz CT molecular complexity index is 812.